The molecule has 20 heavy (non-hydrogen) atoms. The molecule has 2 atom stereocenters. The molecule has 3 N–H and O–H groups in total. The predicted octanol–water partition coefficient (Wildman–Crippen LogP) is 2.61. The first-order valence-corrected chi connectivity index (χ1v) is 7.71. The summed E-state index contributed by atoms with van der Waals surface area (Å²) in [4.78, 5) is 22.9. The van der Waals surface area contributed by atoms with Crippen LogP contribution in [0.3, 0.4) is 0 Å². The van der Waals surface area contributed by atoms with Crippen molar-refractivity contribution in [3.8, 4) is 0 Å². The number of aliphatic carboxylic acids is 1. The van der Waals surface area contributed by atoms with E-state index in [4.69, 9.17) is 5.11 Å². The van der Waals surface area contributed by atoms with E-state index in [-0.39, 0.29) is 11.9 Å². The van der Waals surface area contributed by atoms with E-state index in [1.165, 1.54) is 12.8 Å². The van der Waals surface area contributed by atoms with Gasteiger partial charge in [0.15, 0.2) is 0 Å². The van der Waals surface area contributed by atoms with E-state index in [1.54, 1.807) is 0 Å². The van der Waals surface area contributed by atoms with Crippen molar-refractivity contribution in [3.05, 3.63) is 0 Å². The molecule has 116 valence electrons. The Morgan fingerprint density at radius 3 is 2.35 bits per heavy atom. The summed E-state index contributed by atoms with van der Waals surface area (Å²) in [5.74, 6) is 0.278. The summed E-state index contributed by atoms with van der Waals surface area (Å²) < 4.78 is 0. The van der Waals surface area contributed by atoms with E-state index in [0.717, 1.165) is 25.2 Å². The van der Waals surface area contributed by atoms with E-state index in [2.05, 4.69) is 17.6 Å². The number of carbonyl (C=O) groups is 2. The maximum atomic E-state index is 11.8. The number of hydrogen-bond acceptors (Lipinski definition) is 2. The van der Waals surface area contributed by atoms with Crippen molar-refractivity contribution >= 4 is 12.0 Å². The van der Waals surface area contributed by atoms with E-state index in [1.807, 2.05) is 13.8 Å². The fraction of sp³-hybridized carbons (Fsp3) is 0.867. The highest BCUT2D eigenvalue weighted by molar-refractivity contribution is 5.82. The summed E-state index contributed by atoms with van der Waals surface area (Å²) in [5.41, 5.74) is 0. The zero-order valence-corrected chi connectivity index (χ0v) is 12.8. The van der Waals surface area contributed by atoms with Crippen LogP contribution in [0.15, 0.2) is 0 Å². The van der Waals surface area contributed by atoms with Crippen LogP contribution in [0.2, 0.25) is 0 Å². The standard InChI is InChI=1S/C15H28N2O3/c1-4-11(3)13(14(18)19)17-15(20)16-9-12-7-5-10(2)6-8-12/h10-13H,4-9H2,1-3H3,(H,18,19)(H2,16,17,20)/t10?,11?,12?,13-/m0/s1. The van der Waals surface area contributed by atoms with Gasteiger partial charge in [0.05, 0.1) is 0 Å². The normalized spacial score (nSPS) is 25.6. The molecule has 0 aliphatic heterocycles. The minimum absolute atomic E-state index is 0.0752. The van der Waals surface area contributed by atoms with Crippen LogP contribution in [0.1, 0.15) is 52.9 Å². The third-order valence-corrected chi connectivity index (χ3v) is 4.45. The summed E-state index contributed by atoms with van der Waals surface area (Å²) in [6.07, 6.45) is 5.46. The Kier molecular flexibility index (Phi) is 6.82. The molecule has 1 unspecified atom stereocenters. The fourth-order valence-electron chi connectivity index (χ4n) is 2.65. The molecule has 0 saturated heterocycles. The van der Waals surface area contributed by atoms with Gasteiger partial charge in [0.1, 0.15) is 6.04 Å². The zero-order chi connectivity index (χ0) is 15.1. The van der Waals surface area contributed by atoms with Gasteiger partial charge < -0.3 is 15.7 Å². The van der Waals surface area contributed by atoms with Crippen molar-refractivity contribution in [2.45, 2.75) is 58.9 Å². The van der Waals surface area contributed by atoms with Gasteiger partial charge in [-0.25, -0.2) is 9.59 Å². The molecule has 1 saturated carbocycles. The average molecular weight is 284 g/mol. The number of nitrogens with one attached hydrogen (secondary N) is 2. The van der Waals surface area contributed by atoms with Gasteiger partial charge in [-0.05, 0) is 30.6 Å². The van der Waals surface area contributed by atoms with Gasteiger partial charge >= 0.3 is 12.0 Å². The summed E-state index contributed by atoms with van der Waals surface area (Å²) in [6.45, 7) is 6.66. The first-order chi connectivity index (χ1) is 9.43. The molecule has 0 aromatic heterocycles. The van der Waals surface area contributed by atoms with Gasteiger partial charge in [-0.3, -0.25) is 0 Å². The Morgan fingerprint density at radius 2 is 1.85 bits per heavy atom. The highest BCUT2D eigenvalue weighted by Gasteiger charge is 2.25. The van der Waals surface area contributed by atoms with Crippen molar-refractivity contribution in [2.24, 2.45) is 17.8 Å². The second-order valence-corrected chi connectivity index (χ2v) is 6.18. The van der Waals surface area contributed by atoms with Crippen LogP contribution >= 0.6 is 0 Å². The molecule has 1 fully saturated rings. The van der Waals surface area contributed by atoms with Crippen LogP contribution in [0.5, 0.6) is 0 Å². The van der Waals surface area contributed by atoms with E-state index >= 15 is 0 Å². The topological polar surface area (TPSA) is 78.4 Å². The molecule has 1 rings (SSSR count). The van der Waals surface area contributed by atoms with E-state index in [9.17, 15) is 9.59 Å². The maximum absolute atomic E-state index is 11.8. The van der Waals surface area contributed by atoms with Crippen LogP contribution in [0.4, 0.5) is 4.79 Å². The molecule has 0 bridgehead atoms. The van der Waals surface area contributed by atoms with Crippen LogP contribution in [0, 0.1) is 17.8 Å². The Labute approximate surface area is 121 Å². The minimum Gasteiger partial charge on any atom is -0.480 e. The lowest BCUT2D eigenvalue weighted by Gasteiger charge is -2.27. The van der Waals surface area contributed by atoms with Gasteiger partial charge in [0, 0.05) is 6.54 Å². The highest BCUT2D eigenvalue weighted by Crippen LogP contribution is 2.27. The first kappa shape index (κ1) is 16.8. The summed E-state index contributed by atoms with van der Waals surface area (Å²) in [7, 11) is 0. The van der Waals surface area contributed by atoms with Crippen molar-refractivity contribution < 1.29 is 14.7 Å². The smallest absolute Gasteiger partial charge is 0.326 e. The molecule has 0 heterocycles. The number of carbonyl (C=O) groups excluding carboxylic acids is 1. The molecule has 1 aliphatic rings. The van der Waals surface area contributed by atoms with Crippen molar-refractivity contribution in [1.29, 1.82) is 0 Å². The fourth-order valence-corrected chi connectivity index (χ4v) is 2.65. The Bertz CT molecular complexity index is 325. The molecule has 5 heteroatoms. The molecular formula is C15H28N2O3. The lowest BCUT2D eigenvalue weighted by atomic mass is 9.83. The largest absolute Gasteiger partial charge is 0.480 e. The van der Waals surface area contributed by atoms with Gasteiger partial charge in [-0.2, -0.15) is 0 Å². The molecule has 1 aliphatic carbocycles. The van der Waals surface area contributed by atoms with Crippen molar-refractivity contribution in [1.82, 2.24) is 10.6 Å². The number of carboxylic acids is 1. The van der Waals surface area contributed by atoms with Crippen LogP contribution in [0.25, 0.3) is 0 Å². The molecule has 0 radical (unpaired) electrons. The minimum atomic E-state index is -0.971. The van der Waals surface area contributed by atoms with E-state index in [0.29, 0.717) is 12.5 Å². The van der Waals surface area contributed by atoms with Gasteiger partial charge in [-0.1, -0.05) is 40.0 Å². The quantitative estimate of drug-likeness (QED) is 0.701. The van der Waals surface area contributed by atoms with E-state index < -0.39 is 12.0 Å². The third kappa shape index (κ3) is 5.39. The lowest BCUT2D eigenvalue weighted by molar-refractivity contribution is -0.140. The Hall–Kier alpha value is -1.26. The summed E-state index contributed by atoms with van der Waals surface area (Å²) in [5, 5.41) is 14.5. The monoisotopic (exact) mass is 284 g/mol. The molecule has 0 aromatic carbocycles. The third-order valence-electron chi connectivity index (χ3n) is 4.45. The van der Waals surface area contributed by atoms with Gasteiger partial charge in [-0.15, -0.1) is 0 Å². The number of carboxylic acid groups (broad SMARTS) is 1. The predicted molar refractivity (Wildman–Crippen MR) is 78.5 cm³/mol. The zero-order valence-electron chi connectivity index (χ0n) is 12.8. The highest BCUT2D eigenvalue weighted by atomic mass is 16.4. The van der Waals surface area contributed by atoms with Crippen LogP contribution < -0.4 is 10.6 Å². The summed E-state index contributed by atoms with van der Waals surface area (Å²) >= 11 is 0. The molecule has 0 aromatic rings. The number of rotatable bonds is 6. The molecule has 0 spiro atoms. The number of amides is 2. The van der Waals surface area contributed by atoms with Crippen molar-refractivity contribution in [3.63, 3.8) is 0 Å². The number of urea groups is 1. The summed E-state index contributed by atoms with van der Waals surface area (Å²) in [6, 6.07) is -1.18. The van der Waals surface area contributed by atoms with Crippen LogP contribution in [-0.4, -0.2) is 29.7 Å². The SMILES string of the molecule is CCC(C)[C@H](NC(=O)NCC1CCC(C)CC1)C(=O)O. The van der Waals surface area contributed by atoms with Gasteiger partial charge in [0.2, 0.25) is 0 Å². The number of hydrogen-bond donors (Lipinski definition) is 3. The second kappa shape index (κ2) is 8.12. The Balaban J connectivity index is 2.33. The van der Waals surface area contributed by atoms with Gasteiger partial charge in [0.25, 0.3) is 0 Å². The lowest BCUT2D eigenvalue weighted by Crippen LogP contribution is -2.50. The van der Waals surface area contributed by atoms with Crippen molar-refractivity contribution in [2.75, 3.05) is 6.54 Å². The molecule has 2 amide bonds. The van der Waals surface area contributed by atoms with Crippen LogP contribution in [-0.2, 0) is 4.79 Å². The first-order valence-electron chi connectivity index (χ1n) is 7.71. The maximum Gasteiger partial charge on any atom is 0.326 e. The molecular weight excluding hydrogens is 256 g/mol. The molecule has 5 nitrogen and oxygen atoms in total. The Morgan fingerprint density at radius 1 is 1.25 bits per heavy atom. The second-order valence-electron chi connectivity index (χ2n) is 6.18. The average Bonchev–Trinajstić information content (AvgIpc) is 2.43.